The summed E-state index contributed by atoms with van der Waals surface area (Å²) in [6.45, 7) is 4.20. The summed E-state index contributed by atoms with van der Waals surface area (Å²) in [6.07, 6.45) is 2.18. The summed E-state index contributed by atoms with van der Waals surface area (Å²) in [4.78, 5) is 17.1. The number of amides is 1. The van der Waals surface area contributed by atoms with E-state index in [1.807, 2.05) is 29.2 Å². The Labute approximate surface area is 137 Å². The van der Waals surface area contributed by atoms with Crippen molar-refractivity contribution in [2.75, 3.05) is 26.2 Å². The lowest BCUT2D eigenvalue weighted by Crippen LogP contribution is -2.63. The molecule has 3 nitrogen and oxygen atoms in total. The first-order chi connectivity index (χ1) is 11.3. The van der Waals surface area contributed by atoms with E-state index in [-0.39, 0.29) is 5.91 Å². The van der Waals surface area contributed by atoms with Gasteiger partial charge in [-0.3, -0.25) is 9.69 Å². The van der Waals surface area contributed by atoms with Crippen molar-refractivity contribution in [3.8, 4) is 0 Å². The molecule has 0 aromatic heterocycles. The predicted molar refractivity (Wildman–Crippen MR) is 91.6 cm³/mol. The highest BCUT2D eigenvalue weighted by Gasteiger charge is 2.36. The Balaban J connectivity index is 1.41. The maximum absolute atomic E-state index is 12.6. The lowest BCUT2D eigenvalue weighted by molar-refractivity contribution is 0.00414. The third kappa shape index (κ3) is 3.02. The minimum atomic E-state index is 0.177. The SMILES string of the molecule is O=C(c1cccc(Cc2ccccc2)c1)N1CC(N2CCC2)C1. The largest absolute Gasteiger partial charge is 0.335 e. The van der Waals surface area contributed by atoms with Crippen LogP contribution in [0.1, 0.15) is 27.9 Å². The molecule has 0 saturated carbocycles. The van der Waals surface area contributed by atoms with Gasteiger partial charge in [0.05, 0.1) is 0 Å². The molecule has 2 aliphatic heterocycles. The standard InChI is InChI=1S/C20H22N2O/c23-20(22-14-19(15-22)21-10-5-11-21)18-9-4-8-17(13-18)12-16-6-2-1-3-7-16/h1-4,6-9,13,19H,5,10-12,14-15H2. The summed E-state index contributed by atoms with van der Waals surface area (Å²) >= 11 is 0. The Morgan fingerprint density at radius 1 is 0.957 bits per heavy atom. The average Bonchev–Trinajstić information content (AvgIpc) is 2.49. The Kier molecular flexibility index (Phi) is 3.88. The number of hydrogen-bond acceptors (Lipinski definition) is 2. The molecule has 0 spiro atoms. The second kappa shape index (κ2) is 6.17. The molecule has 0 bridgehead atoms. The van der Waals surface area contributed by atoms with Crippen LogP contribution < -0.4 is 0 Å². The number of carbonyl (C=O) groups is 1. The minimum absolute atomic E-state index is 0.177. The summed E-state index contributed by atoms with van der Waals surface area (Å²) < 4.78 is 0. The van der Waals surface area contributed by atoms with E-state index in [1.165, 1.54) is 30.6 Å². The van der Waals surface area contributed by atoms with E-state index in [9.17, 15) is 4.79 Å². The van der Waals surface area contributed by atoms with Gasteiger partial charge in [-0.1, -0.05) is 42.5 Å². The number of rotatable bonds is 4. The van der Waals surface area contributed by atoms with Crippen molar-refractivity contribution in [3.63, 3.8) is 0 Å². The van der Waals surface area contributed by atoms with Crippen LogP contribution in [0.4, 0.5) is 0 Å². The summed E-state index contributed by atoms with van der Waals surface area (Å²) in [5.41, 5.74) is 3.29. The lowest BCUT2D eigenvalue weighted by atomic mass is 9.99. The quantitative estimate of drug-likeness (QED) is 0.867. The molecule has 2 aromatic rings. The molecule has 2 aliphatic rings. The van der Waals surface area contributed by atoms with E-state index >= 15 is 0 Å². The zero-order valence-corrected chi connectivity index (χ0v) is 13.3. The van der Waals surface area contributed by atoms with Crippen molar-refractivity contribution in [1.29, 1.82) is 0 Å². The summed E-state index contributed by atoms with van der Waals surface area (Å²) in [6, 6.07) is 19.1. The van der Waals surface area contributed by atoms with Gasteiger partial charge in [0, 0.05) is 24.7 Å². The highest BCUT2D eigenvalue weighted by Crippen LogP contribution is 2.22. The Morgan fingerprint density at radius 2 is 1.70 bits per heavy atom. The van der Waals surface area contributed by atoms with Crippen LogP contribution in [-0.2, 0) is 6.42 Å². The maximum atomic E-state index is 12.6. The van der Waals surface area contributed by atoms with Crippen LogP contribution in [0.25, 0.3) is 0 Å². The third-order valence-corrected chi connectivity index (χ3v) is 4.98. The molecule has 3 heteroatoms. The van der Waals surface area contributed by atoms with Gasteiger partial charge in [0.25, 0.3) is 5.91 Å². The summed E-state index contributed by atoms with van der Waals surface area (Å²) in [5.74, 6) is 0.177. The lowest BCUT2D eigenvalue weighted by Gasteiger charge is -2.49. The number of hydrogen-bond donors (Lipinski definition) is 0. The monoisotopic (exact) mass is 306 g/mol. The molecule has 2 fully saturated rings. The fourth-order valence-electron chi connectivity index (χ4n) is 3.39. The molecule has 1 amide bonds. The van der Waals surface area contributed by atoms with Crippen LogP contribution in [0.3, 0.4) is 0 Å². The van der Waals surface area contributed by atoms with Crippen LogP contribution in [0, 0.1) is 0 Å². The number of likely N-dealkylation sites (tertiary alicyclic amines) is 2. The summed E-state index contributed by atoms with van der Waals surface area (Å²) in [5, 5.41) is 0. The minimum Gasteiger partial charge on any atom is -0.335 e. The number of nitrogens with zero attached hydrogens (tertiary/aromatic N) is 2. The predicted octanol–water partition coefficient (Wildman–Crippen LogP) is 2.81. The van der Waals surface area contributed by atoms with E-state index in [1.54, 1.807) is 0 Å². The van der Waals surface area contributed by atoms with Gasteiger partial charge in [-0.2, -0.15) is 0 Å². The van der Waals surface area contributed by atoms with E-state index in [4.69, 9.17) is 0 Å². The van der Waals surface area contributed by atoms with Gasteiger partial charge in [0.1, 0.15) is 0 Å². The smallest absolute Gasteiger partial charge is 0.253 e. The molecule has 118 valence electrons. The van der Waals surface area contributed by atoms with Crippen molar-refractivity contribution in [2.24, 2.45) is 0 Å². The van der Waals surface area contributed by atoms with Gasteiger partial charge in [0.15, 0.2) is 0 Å². The van der Waals surface area contributed by atoms with Crippen molar-refractivity contribution in [3.05, 3.63) is 71.3 Å². The second-order valence-corrected chi connectivity index (χ2v) is 6.62. The first kappa shape index (κ1) is 14.5. The van der Waals surface area contributed by atoms with E-state index in [2.05, 4.69) is 35.2 Å². The molecular formula is C20H22N2O. The molecule has 2 heterocycles. The van der Waals surface area contributed by atoms with Crippen LogP contribution >= 0.6 is 0 Å². The van der Waals surface area contributed by atoms with Crippen molar-refractivity contribution in [1.82, 2.24) is 9.80 Å². The zero-order chi connectivity index (χ0) is 15.6. The van der Waals surface area contributed by atoms with Crippen molar-refractivity contribution >= 4 is 5.91 Å². The molecule has 2 saturated heterocycles. The van der Waals surface area contributed by atoms with Gasteiger partial charge in [0.2, 0.25) is 0 Å². The van der Waals surface area contributed by atoms with Crippen molar-refractivity contribution < 1.29 is 4.79 Å². The Morgan fingerprint density at radius 3 is 2.39 bits per heavy atom. The first-order valence-electron chi connectivity index (χ1n) is 8.46. The first-order valence-corrected chi connectivity index (χ1v) is 8.46. The highest BCUT2D eigenvalue weighted by molar-refractivity contribution is 5.95. The normalized spacial score (nSPS) is 18.3. The molecule has 4 rings (SSSR count). The highest BCUT2D eigenvalue weighted by atomic mass is 16.2. The fraction of sp³-hybridized carbons (Fsp3) is 0.350. The Hall–Kier alpha value is -2.13. The second-order valence-electron chi connectivity index (χ2n) is 6.62. The van der Waals surface area contributed by atoms with Gasteiger partial charge in [-0.25, -0.2) is 0 Å². The molecule has 0 radical (unpaired) electrons. The van der Waals surface area contributed by atoms with Crippen molar-refractivity contribution in [2.45, 2.75) is 18.9 Å². The molecule has 0 aliphatic carbocycles. The van der Waals surface area contributed by atoms with Crippen LogP contribution in [0.5, 0.6) is 0 Å². The molecular weight excluding hydrogens is 284 g/mol. The fourth-order valence-corrected chi connectivity index (χ4v) is 3.39. The topological polar surface area (TPSA) is 23.6 Å². The molecule has 2 aromatic carbocycles. The van der Waals surface area contributed by atoms with Crippen LogP contribution in [0.15, 0.2) is 54.6 Å². The zero-order valence-electron chi connectivity index (χ0n) is 13.3. The molecule has 23 heavy (non-hydrogen) atoms. The van der Waals surface area contributed by atoms with Gasteiger partial charge < -0.3 is 4.90 Å². The third-order valence-electron chi connectivity index (χ3n) is 4.98. The average molecular weight is 306 g/mol. The van der Waals surface area contributed by atoms with Gasteiger partial charge in [-0.05, 0) is 49.2 Å². The number of carbonyl (C=O) groups excluding carboxylic acids is 1. The van der Waals surface area contributed by atoms with Crippen LogP contribution in [-0.4, -0.2) is 47.9 Å². The van der Waals surface area contributed by atoms with Gasteiger partial charge >= 0.3 is 0 Å². The van der Waals surface area contributed by atoms with E-state index in [0.717, 1.165) is 25.1 Å². The van der Waals surface area contributed by atoms with Gasteiger partial charge in [-0.15, -0.1) is 0 Å². The van der Waals surface area contributed by atoms with E-state index < -0.39 is 0 Å². The molecule has 0 N–H and O–H groups in total. The number of benzene rings is 2. The molecule has 0 unspecified atom stereocenters. The Bertz CT molecular complexity index is 688. The summed E-state index contributed by atoms with van der Waals surface area (Å²) in [7, 11) is 0. The molecule has 0 atom stereocenters. The van der Waals surface area contributed by atoms with E-state index in [0.29, 0.717) is 6.04 Å². The maximum Gasteiger partial charge on any atom is 0.253 e. The van der Waals surface area contributed by atoms with Crippen LogP contribution in [0.2, 0.25) is 0 Å².